The number of benzene rings is 1. The molecule has 0 aliphatic rings. The molecule has 0 aliphatic heterocycles. The molecule has 0 fully saturated rings. The fraction of sp³-hybridized carbons (Fsp3) is 0.286. The second kappa shape index (κ2) is 6.43. The van der Waals surface area contributed by atoms with E-state index in [-0.39, 0.29) is 5.91 Å². The summed E-state index contributed by atoms with van der Waals surface area (Å²) in [4.78, 5) is 11.7. The predicted molar refractivity (Wildman–Crippen MR) is 77.2 cm³/mol. The third kappa shape index (κ3) is 4.44. The summed E-state index contributed by atoms with van der Waals surface area (Å²) >= 11 is 1.58. The van der Waals surface area contributed by atoms with Crippen molar-refractivity contribution in [3.05, 3.63) is 47.2 Å². The maximum atomic E-state index is 11.7. The first-order valence-corrected chi connectivity index (χ1v) is 7.15. The van der Waals surface area contributed by atoms with Crippen molar-refractivity contribution >= 4 is 23.5 Å². The Labute approximate surface area is 116 Å². The van der Waals surface area contributed by atoms with E-state index >= 15 is 0 Å². The van der Waals surface area contributed by atoms with Crippen LogP contribution in [0.15, 0.2) is 34.9 Å². The molecule has 2 rings (SSSR count). The molecule has 1 N–H and O–H groups in total. The Morgan fingerprint density at radius 1 is 1.37 bits per heavy atom. The molecule has 1 aromatic heterocycles. The lowest BCUT2D eigenvalue weighted by atomic mass is 10.2. The van der Waals surface area contributed by atoms with Gasteiger partial charge in [-0.05, 0) is 19.4 Å². The highest BCUT2D eigenvalue weighted by Gasteiger charge is 2.06. The van der Waals surface area contributed by atoms with Crippen LogP contribution in [0, 0.1) is 13.8 Å². The first-order chi connectivity index (χ1) is 9.13. The van der Waals surface area contributed by atoms with Crippen molar-refractivity contribution in [3.63, 3.8) is 0 Å². The number of aryl methyl sites for hydroxylation is 2. The number of amides is 1. The molecule has 0 bridgehead atoms. The zero-order valence-corrected chi connectivity index (χ0v) is 11.8. The molecule has 19 heavy (non-hydrogen) atoms. The van der Waals surface area contributed by atoms with Crippen molar-refractivity contribution in [1.29, 1.82) is 0 Å². The minimum absolute atomic E-state index is 0.0639. The van der Waals surface area contributed by atoms with E-state index in [1.807, 2.05) is 6.07 Å². The summed E-state index contributed by atoms with van der Waals surface area (Å²) in [7, 11) is 0. The summed E-state index contributed by atoms with van der Waals surface area (Å²) in [6.45, 7) is 3.85. The molecule has 0 saturated heterocycles. The van der Waals surface area contributed by atoms with Crippen molar-refractivity contribution < 1.29 is 9.32 Å². The summed E-state index contributed by atoms with van der Waals surface area (Å²) in [6, 6.07) is 9.99. The van der Waals surface area contributed by atoms with Gasteiger partial charge in [0.2, 0.25) is 5.91 Å². The average Bonchev–Trinajstić information content (AvgIpc) is 2.75. The third-order valence-electron chi connectivity index (χ3n) is 2.48. The molecule has 0 spiro atoms. The molecular weight excluding hydrogens is 260 g/mol. The third-order valence-corrected chi connectivity index (χ3v) is 3.48. The van der Waals surface area contributed by atoms with Crippen molar-refractivity contribution in [1.82, 2.24) is 5.16 Å². The Kier molecular flexibility index (Phi) is 4.63. The smallest absolute Gasteiger partial charge is 0.235 e. The van der Waals surface area contributed by atoms with Crippen molar-refractivity contribution in [2.45, 2.75) is 19.6 Å². The van der Waals surface area contributed by atoms with E-state index in [2.05, 4.69) is 35.6 Å². The van der Waals surface area contributed by atoms with Crippen LogP contribution in [-0.2, 0) is 10.5 Å². The van der Waals surface area contributed by atoms with E-state index in [1.54, 1.807) is 24.8 Å². The summed E-state index contributed by atoms with van der Waals surface area (Å²) in [5, 5.41) is 6.41. The number of rotatable bonds is 5. The van der Waals surface area contributed by atoms with E-state index < -0.39 is 0 Å². The molecule has 0 aliphatic carbocycles. The predicted octanol–water partition coefficient (Wildman–Crippen LogP) is 3.16. The van der Waals surface area contributed by atoms with Crippen LogP contribution in [0.25, 0.3) is 0 Å². The summed E-state index contributed by atoms with van der Waals surface area (Å²) in [5.41, 5.74) is 2.47. The molecule has 0 atom stereocenters. The first kappa shape index (κ1) is 13.7. The minimum atomic E-state index is -0.0639. The summed E-state index contributed by atoms with van der Waals surface area (Å²) in [6.07, 6.45) is 0. The number of carbonyl (C=O) groups excluding carboxylic acids is 1. The highest BCUT2D eigenvalue weighted by molar-refractivity contribution is 7.99. The molecule has 4 nitrogen and oxygen atoms in total. The zero-order chi connectivity index (χ0) is 13.7. The number of anilines is 1. The lowest BCUT2D eigenvalue weighted by molar-refractivity contribution is -0.113. The van der Waals surface area contributed by atoms with Crippen molar-refractivity contribution in [2.24, 2.45) is 0 Å². The number of nitrogens with zero attached hydrogens (tertiary/aromatic N) is 1. The molecule has 0 radical (unpaired) electrons. The second-order valence-electron chi connectivity index (χ2n) is 4.35. The topological polar surface area (TPSA) is 55.1 Å². The fourth-order valence-electron chi connectivity index (χ4n) is 1.67. The minimum Gasteiger partial charge on any atom is -0.360 e. The summed E-state index contributed by atoms with van der Waals surface area (Å²) < 4.78 is 4.88. The number of nitrogens with one attached hydrogen (secondary N) is 1. The highest BCUT2D eigenvalue weighted by Crippen LogP contribution is 2.14. The number of carbonyl (C=O) groups is 1. The Balaban J connectivity index is 1.75. The maximum absolute atomic E-state index is 11.7. The standard InChI is InChI=1S/C14H16N2O2S/c1-10-4-3-5-12(6-10)8-19-9-14(17)15-13-7-11(2)18-16-13/h3-7H,8-9H2,1-2H3,(H,15,16,17). The second-order valence-corrected chi connectivity index (χ2v) is 5.34. The van der Waals surface area contributed by atoms with Crippen LogP contribution in [0.3, 0.4) is 0 Å². The normalized spacial score (nSPS) is 10.4. The van der Waals surface area contributed by atoms with Gasteiger partial charge < -0.3 is 9.84 Å². The molecule has 1 heterocycles. The average molecular weight is 276 g/mol. The molecule has 0 saturated carbocycles. The van der Waals surface area contributed by atoms with Gasteiger partial charge in [-0.25, -0.2) is 0 Å². The van der Waals surface area contributed by atoms with Gasteiger partial charge in [0, 0.05) is 11.8 Å². The largest absolute Gasteiger partial charge is 0.360 e. The van der Waals surface area contributed by atoms with Crippen LogP contribution >= 0.6 is 11.8 Å². The number of hydrogen-bond acceptors (Lipinski definition) is 4. The lowest BCUT2D eigenvalue weighted by Crippen LogP contribution is -2.14. The SMILES string of the molecule is Cc1cccc(CSCC(=O)Nc2cc(C)on2)c1. The highest BCUT2D eigenvalue weighted by atomic mass is 32.2. The van der Waals surface area contributed by atoms with Gasteiger partial charge in [0.15, 0.2) is 5.82 Å². The number of hydrogen-bond donors (Lipinski definition) is 1. The molecule has 2 aromatic rings. The van der Waals surface area contributed by atoms with Gasteiger partial charge in [0.05, 0.1) is 5.75 Å². The van der Waals surface area contributed by atoms with Gasteiger partial charge in [-0.3, -0.25) is 4.79 Å². The van der Waals surface area contributed by atoms with Gasteiger partial charge in [0.1, 0.15) is 5.76 Å². The molecule has 1 amide bonds. The lowest BCUT2D eigenvalue weighted by Gasteiger charge is -2.03. The van der Waals surface area contributed by atoms with E-state index in [0.29, 0.717) is 17.3 Å². The maximum Gasteiger partial charge on any atom is 0.235 e. The fourth-order valence-corrected chi connectivity index (χ4v) is 2.44. The van der Waals surface area contributed by atoms with Crippen LogP contribution in [0.4, 0.5) is 5.82 Å². The van der Waals surface area contributed by atoms with Crippen LogP contribution in [-0.4, -0.2) is 16.8 Å². The Bertz CT molecular complexity index is 566. The van der Waals surface area contributed by atoms with Crippen LogP contribution < -0.4 is 5.32 Å². The van der Waals surface area contributed by atoms with Gasteiger partial charge >= 0.3 is 0 Å². The van der Waals surface area contributed by atoms with Gasteiger partial charge in [0.25, 0.3) is 0 Å². The van der Waals surface area contributed by atoms with E-state index in [0.717, 1.165) is 5.75 Å². The summed E-state index contributed by atoms with van der Waals surface area (Å²) in [5.74, 6) is 2.32. The van der Waals surface area contributed by atoms with Crippen LogP contribution in [0.5, 0.6) is 0 Å². The van der Waals surface area contributed by atoms with Gasteiger partial charge in [-0.15, -0.1) is 11.8 Å². The van der Waals surface area contributed by atoms with E-state index in [9.17, 15) is 4.79 Å². The Morgan fingerprint density at radius 2 is 2.21 bits per heavy atom. The Hall–Kier alpha value is -1.75. The number of thioether (sulfide) groups is 1. The zero-order valence-electron chi connectivity index (χ0n) is 11.0. The van der Waals surface area contributed by atoms with Crippen LogP contribution in [0.2, 0.25) is 0 Å². The molecule has 100 valence electrons. The quantitative estimate of drug-likeness (QED) is 0.911. The van der Waals surface area contributed by atoms with Crippen molar-refractivity contribution in [3.8, 4) is 0 Å². The van der Waals surface area contributed by atoms with Crippen LogP contribution in [0.1, 0.15) is 16.9 Å². The molecule has 0 unspecified atom stereocenters. The molecular formula is C14H16N2O2S. The Morgan fingerprint density at radius 3 is 2.89 bits per heavy atom. The first-order valence-electron chi connectivity index (χ1n) is 6.00. The van der Waals surface area contributed by atoms with E-state index in [1.165, 1.54) is 11.1 Å². The van der Waals surface area contributed by atoms with E-state index in [4.69, 9.17) is 4.52 Å². The molecule has 1 aromatic carbocycles. The molecule has 5 heteroatoms. The van der Waals surface area contributed by atoms with Gasteiger partial charge in [-0.1, -0.05) is 35.0 Å². The monoisotopic (exact) mass is 276 g/mol. The van der Waals surface area contributed by atoms with Gasteiger partial charge in [-0.2, -0.15) is 0 Å². The number of aromatic nitrogens is 1. The van der Waals surface area contributed by atoms with Crippen molar-refractivity contribution in [2.75, 3.05) is 11.1 Å².